The van der Waals surface area contributed by atoms with Gasteiger partial charge in [0.05, 0.1) is 6.42 Å². The zero-order chi connectivity index (χ0) is 21.5. The monoisotopic (exact) mass is 414 g/mol. The van der Waals surface area contributed by atoms with Crippen LogP contribution in [0.25, 0.3) is 0 Å². The number of amides is 2. The third kappa shape index (κ3) is 5.83. The number of esters is 1. The molecule has 0 spiro atoms. The van der Waals surface area contributed by atoms with Crippen molar-refractivity contribution in [2.75, 3.05) is 13.2 Å². The number of nitrogens with zero attached hydrogens (tertiary/aromatic N) is 1. The van der Waals surface area contributed by atoms with Crippen LogP contribution < -0.4 is 5.32 Å². The highest BCUT2D eigenvalue weighted by atomic mass is 16.5. The number of ether oxygens (including phenoxy) is 1. The fraction of sp³-hybridized carbons (Fsp3) is 0.625. The molecular formula is C24H34N2O4. The predicted molar refractivity (Wildman–Crippen MR) is 115 cm³/mol. The van der Waals surface area contributed by atoms with E-state index in [9.17, 15) is 14.4 Å². The number of hydrogen-bond donors (Lipinski definition) is 1. The van der Waals surface area contributed by atoms with Crippen molar-refractivity contribution in [3.05, 3.63) is 35.9 Å². The zero-order valence-electron chi connectivity index (χ0n) is 18.1. The molecule has 1 saturated carbocycles. The van der Waals surface area contributed by atoms with Crippen molar-refractivity contribution in [2.45, 2.75) is 70.9 Å². The van der Waals surface area contributed by atoms with Gasteiger partial charge in [0, 0.05) is 12.6 Å². The Hall–Kier alpha value is -2.37. The molecule has 1 aromatic rings. The molecule has 0 unspecified atom stereocenters. The first-order valence-electron chi connectivity index (χ1n) is 11.2. The van der Waals surface area contributed by atoms with Gasteiger partial charge in [0.1, 0.15) is 6.04 Å². The van der Waals surface area contributed by atoms with Gasteiger partial charge in [0.2, 0.25) is 5.91 Å². The minimum absolute atomic E-state index is 0.113. The van der Waals surface area contributed by atoms with Crippen molar-refractivity contribution in [3.63, 3.8) is 0 Å². The summed E-state index contributed by atoms with van der Waals surface area (Å²) in [5, 5.41) is 2.77. The molecule has 1 aromatic carbocycles. The Kier molecular flexibility index (Phi) is 7.88. The molecule has 2 fully saturated rings. The quantitative estimate of drug-likeness (QED) is 0.696. The number of rotatable bonds is 7. The van der Waals surface area contributed by atoms with Gasteiger partial charge < -0.3 is 15.0 Å². The Bertz CT molecular complexity index is 732. The standard InChI is InChI=1S/C24H34N2O4/c1-17(2)23(25-21(27)15-18-9-4-3-5-10-18)24(29)30-16-22(28)26-14-8-12-19-11-6-7-13-20(19)26/h3-5,9-10,17,19-20,23H,6-8,11-16H2,1-2H3,(H,25,27)/t19-,20-,23+/m1/s1. The van der Waals surface area contributed by atoms with Crippen molar-refractivity contribution >= 4 is 17.8 Å². The van der Waals surface area contributed by atoms with Crippen molar-refractivity contribution in [1.82, 2.24) is 10.2 Å². The van der Waals surface area contributed by atoms with E-state index in [1.165, 1.54) is 19.3 Å². The van der Waals surface area contributed by atoms with Crippen LogP contribution in [-0.2, 0) is 25.5 Å². The Labute approximate surface area is 179 Å². The molecule has 6 nitrogen and oxygen atoms in total. The molecule has 6 heteroatoms. The molecule has 30 heavy (non-hydrogen) atoms. The van der Waals surface area contributed by atoms with Crippen LogP contribution in [0.15, 0.2) is 30.3 Å². The number of nitrogens with one attached hydrogen (secondary N) is 1. The van der Waals surface area contributed by atoms with Crippen LogP contribution >= 0.6 is 0 Å². The lowest BCUT2D eigenvalue weighted by molar-refractivity contribution is -0.157. The number of likely N-dealkylation sites (tertiary alicyclic amines) is 1. The summed E-state index contributed by atoms with van der Waals surface area (Å²) in [4.78, 5) is 39.7. The van der Waals surface area contributed by atoms with Crippen molar-refractivity contribution < 1.29 is 19.1 Å². The summed E-state index contributed by atoms with van der Waals surface area (Å²) in [7, 11) is 0. The minimum atomic E-state index is -0.766. The molecule has 0 bridgehead atoms. The van der Waals surface area contributed by atoms with Crippen LogP contribution in [0, 0.1) is 11.8 Å². The first-order valence-corrected chi connectivity index (χ1v) is 11.2. The van der Waals surface area contributed by atoms with Gasteiger partial charge in [-0.3, -0.25) is 9.59 Å². The van der Waals surface area contributed by atoms with E-state index in [0.29, 0.717) is 12.0 Å². The largest absolute Gasteiger partial charge is 0.454 e. The van der Waals surface area contributed by atoms with Gasteiger partial charge in [-0.25, -0.2) is 4.79 Å². The van der Waals surface area contributed by atoms with Gasteiger partial charge in [0.25, 0.3) is 5.91 Å². The first kappa shape index (κ1) is 22.3. The number of hydrogen-bond acceptors (Lipinski definition) is 4. The molecule has 3 atom stereocenters. The molecule has 1 saturated heterocycles. The van der Waals surface area contributed by atoms with E-state index >= 15 is 0 Å². The maximum atomic E-state index is 12.8. The second-order valence-electron chi connectivity index (χ2n) is 8.90. The number of fused-ring (bicyclic) bond motifs is 1. The Balaban J connectivity index is 1.52. The summed E-state index contributed by atoms with van der Waals surface area (Å²) in [6, 6.07) is 8.92. The number of piperidine rings is 1. The lowest BCUT2D eigenvalue weighted by atomic mass is 9.78. The maximum absolute atomic E-state index is 12.8. The minimum Gasteiger partial charge on any atom is -0.454 e. The first-order chi connectivity index (χ1) is 14.5. The van der Waals surface area contributed by atoms with Crippen LogP contribution in [0.4, 0.5) is 0 Å². The fourth-order valence-electron chi connectivity index (χ4n) is 4.74. The third-order valence-corrected chi connectivity index (χ3v) is 6.35. The summed E-state index contributed by atoms with van der Waals surface area (Å²) < 4.78 is 5.37. The Morgan fingerprint density at radius 1 is 1.07 bits per heavy atom. The highest BCUT2D eigenvalue weighted by Crippen LogP contribution is 2.35. The zero-order valence-corrected chi connectivity index (χ0v) is 18.1. The van der Waals surface area contributed by atoms with Crippen LogP contribution in [0.3, 0.4) is 0 Å². The summed E-state index contributed by atoms with van der Waals surface area (Å²) in [5.74, 6) is -0.433. The smallest absolute Gasteiger partial charge is 0.329 e. The molecule has 164 valence electrons. The molecule has 0 aromatic heterocycles. The van der Waals surface area contributed by atoms with Crippen LogP contribution in [0.1, 0.15) is 57.9 Å². The van der Waals surface area contributed by atoms with E-state index in [1.807, 2.05) is 49.1 Å². The molecule has 0 radical (unpaired) electrons. The fourth-order valence-corrected chi connectivity index (χ4v) is 4.74. The van der Waals surface area contributed by atoms with Crippen molar-refractivity contribution in [1.29, 1.82) is 0 Å². The van der Waals surface area contributed by atoms with E-state index in [2.05, 4.69) is 5.32 Å². The maximum Gasteiger partial charge on any atom is 0.329 e. The van der Waals surface area contributed by atoms with Gasteiger partial charge in [-0.05, 0) is 43.1 Å². The molecule has 2 aliphatic rings. The lowest BCUT2D eigenvalue weighted by Crippen LogP contribution is -2.51. The van der Waals surface area contributed by atoms with E-state index in [-0.39, 0.29) is 30.8 Å². The van der Waals surface area contributed by atoms with Crippen LogP contribution in [0.2, 0.25) is 0 Å². The van der Waals surface area contributed by atoms with Crippen LogP contribution in [-0.4, -0.2) is 47.9 Å². The average molecular weight is 415 g/mol. The molecule has 1 N–H and O–H groups in total. The highest BCUT2D eigenvalue weighted by Gasteiger charge is 2.36. The van der Waals surface area contributed by atoms with Gasteiger partial charge in [0.15, 0.2) is 6.61 Å². The molecule has 3 rings (SSSR count). The predicted octanol–water partition coefficient (Wildman–Crippen LogP) is 3.09. The Morgan fingerprint density at radius 3 is 2.50 bits per heavy atom. The molecule has 2 amide bonds. The normalized spacial score (nSPS) is 22.2. The van der Waals surface area contributed by atoms with Crippen molar-refractivity contribution in [2.24, 2.45) is 11.8 Å². The number of benzene rings is 1. The van der Waals surface area contributed by atoms with E-state index in [0.717, 1.165) is 31.4 Å². The Morgan fingerprint density at radius 2 is 1.77 bits per heavy atom. The molecule has 1 aliphatic carbocycles. The second kappa shape index (κ2) is 10.6. The third-order valence-electron chi connectivity index (χ3n) is 6.35. The van der Waals surface area contributed by atoms with Crippen molar-refractivity contribution in [3.8, 4) is 0 Å². The highest BCUT2D eigenvalue weighted by molar-refractivity contribution is 5.87. The van der Waals surface area contributed by atoms with Crippen LogP contribution in [0.5, 0.6) is 0 Å². The molecule has 1 aliphatic heterocycles. The van der Waals surface area contributed by atoms with E-state index < -0.39 is 12.0 Å². The summed E-state index contributed by atoms with van der Waals surface area (Å²) in [6.07, 6.45) is 7.06. The van der Waals surface area contributed by atoms with Gasteiger partial charge >= 0.3 is 5.97 Å². The van der Waals surface area contributed by atoms with E-state index in [1.54, 1.807) is 0 Å². The number of carbonyl (C=O) groups excluding carboxylic acids is 3. The molecular weight excluding hydrogens is 380 g/mol. The second-order valence-corrected chi connectivity index (χ2v) is 8.90. The lowest BCUT2D eigenvalue weighted by Gasteiger charge is -2.44. The molecule has 1 heterocycles. The summed E-state index contributed by atoms with van der Waals surface area (Å²) in [6.45, 7) is 4.21. The van der Waals surface area contributed by atoms with Gasteiger partial charge in [-0.2, -0.15) is 0 Å². The summed E-state index contributed by atoms with van der Waals surface area (Å²) in [5.41, 5.74) is 0.883. The SMILES string of the molecule is CC(C)[C@H](NC(=O)Cc1ccccc1)C(=O)OCC(=O)N1CCC[C@H]2CCCC[C@H]21. The average Bonchev–Trinajstić information content (AvgIpc) is 2.75. The number of carbonyl (C=O) groups is 3. The summed E-state index contributed by atoms with van der Waals surface area (Å²) >= 11 is 0. The van der Waals surface area contributed by atoms with E-state index in [4.69, 9.17) is 4.74 Å². The van der Waals surface area contributed by atoms with Gasteiger partial charge in [-0.1, -0.05) is 57.0 Å². The topological polar surface area (TPSA) is 75.7 Å². The van der Waals surface area contributed by atoms with Gasteiger partial charge in [-0.15, -0.1) is 0 Å².